The molecule has 8 nitrogen and oxygen atoms in total. The van der Waals surface area contributed by atoms with Gasteiger partial charge in [0.05, 0.1) is 12.1 Å². The van der Waals surface area contributed by atoms with Crippen LogP contribution < -0.4 is 5.32 Å². The molecule has 2 rings (SSSR count). The summed E-state index contributed by atoms with van der Waals surface area (Å²) in [7, 11) is 1.71. The number of aromatic amines is 1. The second-order valence-electron chi connectivity index (χ2n) is 6.17. The van der Waals surface area contributed by atoms with Crippen LogP contribution in [0.5, 0.6) is 0 Å². The van der Waals surface area contributed by atoms with Gasteiger partial charge in [0, 0.05) is 25.8 Å². The molecule has 0 aromatic carbocycles. The molecule has 1 saturated heterocycles. The number of H-pyrrole nitrogens is 1. The molecule has 0 radical (unpaired) electrons. The van der Waals surface area contributed by atoms with Gasteiger partial charge in [-0.2, -0.15) is 5.10 Å². The zero-order chi connectivity index (χ0) is 17.9. The van der Waals surface area contributed by atoms with Crippen molar-refractivity contribution < 1.29 is 14.4 Å². The number of rotatable bonds is 7. The van der Waals surface area contributed by atoms with E-state index < -0.39 is 12.1 Å². The van der Waals surface area contributed by atoms with Gasteiger partial charge in [0.15, 0.2) is 0 Å². The topological polar surface area (TPSA) is 98.4 Å². The Morgan fingerprint density at radius 2 is 2.04 bits per heavy atom. The number of urea groups is 1. The minimum atomic E-state index is -0.753. The van der Waals surface area contributed by atoms with Gasteiger partial charge in [0.2, 0.25) is 5.91 Å². The van der Waals surface area contributed by atoms with Gasteiger partial charge in [-0.1, -0.05) is 6.92 Å². The maximum Gasteiger partial charge on any atom is 0.324 e. The van der Waals surface area contributed by atoms with E-state index in [1.807, 2.05) is 20.8 Å². The van der Waals surface area contributed by atoms with Gasteiger partial charge in [0.1, 0.15) is 6.04 Å². The highest BCUT2D eigenvalue weighted by Crippen LogP contribution is 2.13. The molecule has 1 unspecified atom stereocenters. The number of aromatic nitrogens is 2. The van der Waals surface area contributed by atoms with Gasteiger partial charge in [-0.3, -0.25) is 19.6 Å². The molecule has 0 aliphatic carbocycles. The Morgan fingerprint density at radius 1 is 1.33 bits per heavy atom. The van der Waals surface area contributed by atoms with Gasteiger partial charge < -0.3 is 10.2 Å². The van der Waals surface area contributed by atoms with Crippen LogP contribution >= 0.6 is 0 Å². The molecule has 1 atom stereocenters. The summed E-state index contributed by atoms with van der Waals surface area (Å²) in [5.41, 5.74) is 3.04. The van der Waals surface area contributed by atoms with Crippen molar-refractivity contribution in [2.75, 3.05) is 20.1 Å². The van der Waals surface area contributed by atoms with Crippen molar-refractivity contribution in [3.05, 3.63) is 17.0 Å². The van der Waals surface area contributed by atoms with Gasteiger partial charge >= 0.3 is 6.03 Å². The zero-order valence-corrected chi connectivity index (χ0v) is 14.7. The molecule has 1 aromatic rings. The molecular weight excluding hydrogens is 310 g/mol. The first-order valence-electron chi connectivity index (χ1n) is 8.21. The molecule has 132 valence electrons. The Labute approximate surface area is 141 Å². The van der Waals surface area contributed by atoms with Gasteiger partial charge in [-0.15, -0.1) is 0 Å². The van der Waals surface area contributed by atoms with Crippen molar-refractivity contribution in [2.45, 2.75) is 46.1 Å². The Balaban J connectivity index is 1.88. The number of aryl methyl sites for hydroxylation is 2. The summed E-state index contributed by atoms with van der Waals surface area (Å²) in [6, 6.07) is -1.16. The lowest BCUT2D eigenvalue weighted by Gasteiger charge is -2.19. The molecule has 2 heterocycles. The predicted octanol–water partition coefficient (Wildman–Crippen LogP) is 0.748. The van der Waals surface area contributed by atoms with E-state index in [1.165, 1.54) is 4.90 Å². The summed E-state index contributed by atoms with van der Waals surface area (Å²) in [6.07, 6.45) is 1.39. The molecular formula is C16H25N5O3. The summed E-state index contributed by atoms with van der Waals surface area (Å²) in [4.78, 5) is 39.0. The highest BCUT2D eigenvalue weighted by Gasteiger charge is 2.38. The molecule has 1 aromatic heterocycles. The van der Waals surface area contributed by atoms with Gasteiger partial charge in [-0.25, -0.2) is 4.79 Å². The number of hydrogen-bond acceptors (Lipinski definition) is 4. The zero-order valence-electron chi connectivity index (χ0n) is 14.7. The summed E-state index contributed by atoms with van der Waals surface area (Å²) < 4.78 is 0. The Morgan fingerprint density at radius 3 is 2.62 bits per heavy atom. The monoisotopic (exact) mass is 335 g/mol. The van der Waals surface area contributed by atoms with Gasteiger partial charge in [-0.05, 0) is 32.3 Å². The quantitative estimate of drug-likeness (QED) is 0.718. The molecule has 0 saturated carbocycles. The van der Waals surface area contributed by atoms with Crippen molar-refractivity contribution in [3.63, 3.8) is 0 Å². The standard InChI is InChI=1S/C16H25N5O3/c1-5-7-21-15(23)13(17-16(21)24)9-14(22)20(4)8-6-12-10(2)18-19-11(12)3/h13H,5-9H2,1-4H3,(H,17,24)(H,18,19). The van der Waals surface area contributed by atoms with Crippen molar-refractivity contribution >= 4 is 17.8 Å². The average Bonchev–Trinajstić information content (AvgIpc) is 2.99. The van der Waals surface area contributed by atoms with Crippen molar-refractivity contribution in [2.24, 2.45) is 0 Å². The number of imide groups is 1. The lowest BCUT2D eigenvalue weighted by molar-refractivity contribution is -0.134. The van der Waals surface area contributed by atoms with E-state index in [2.05, 4.69) is 15.5 Å². The van der Waals surface area contributed by atoms with Crippen LogP contribution in [0.15, 0.2) is 0 Å². The van der Waals surface area contributed by atoms with Crippen LogP contribution in [0.25, 0.3) is 0 Å². The number of amides is 4. The summed E-state index contributed by atoms with van der Waals surface area (Å²) in [6.45, 7) is 6.69. The summed E-state index contributed by atoms with van der Waals surface area (Å²) >= 11 is 0. The Hall–Kier alpha value is -2.38. The van der Waals surface area contributed by atoms with E-state index in [9.17, 15) is 14.4 Å². The lowest BCUT2D eigenvalue weighted by Crippen LogP contribution is -2.38. The van der Waals surface area contributed by atoms with E-state index in [0.29, 0.717) is 25.9 Å². The first-order valence-corrected chi connectivity index (χ1v) is 8.21. The maximum absolute atomic E-state index is 12.3. The fourth-order valence-corrected chi connectivity index (χ4v) is 2.83. The number of nitrogens with one attached hydrogen (secondary N) is 2. The second kappa shape index (κ2) is 7.46. The first-order chi connectivity index (χ1) is 11.3. The van der Waals surface area contributed by atoms with E-state index in [-0.39, 0.29) is 18.2 Å². The molecule has 1 aliphatic rings. The maximum atomic E-state index is 12.3. The normalized spacial score (nSPS) is 17.3. The van der Waals surface area contributed by atoms with Crippen molar-refractivity contribution in [3.8, 4) is 0 Å². The predicted molar refractivity (Wildman–Crippen MR) is 88.3 cm³/mol. The molecule has 0 spiro atoms. The number of nitrogens with zero attached hydrogens (tertiary/aromatic N) is 3. The smallest absolute Gasteiger partial charge is 0.324 e. The number of likely N-dealkylation sites (N-methyl/N-ethyl adjacent to an activating group) is 1. The molecule has 4 amide bonds. The minimum absolute atomic E-state index is 0.00929. The molecule has 8 heteroatoms. The van der Waals surface area contributed by atoms with Crippen LogP contribution in [0.2, 0.25) is 0 Å². The van der Waals surface area contributed by atoms with E-state index in [4.69, 9.17) is 0 Å². The highest BCUT2D eigenvalue weighted by molar-refractivity contribution is 6.05. The fourth-order valence-electron chi connectivity index (χ4n) is 2.83. The van der Waals surface area contributed by atoms with Crippen molar-refractivity contribution in [1.82, 2.24) is 25.3 Å². The minimum Gasteiger partial charge on any atom is -0.345 e. The van der Waals surface area contributed by atoms with E-state index in [1.54, 1.807) is 11.9 Å². The van der Waals surface area contributed by atoms with Crippen LogP contribution in [-0.4, -0.2) is 64.0 Å². The average molecular weight is 335 g/mol. The SMILES string of the molecule is CCCN1C(=O)NC(CC(=O)N(C)CCc2c(C)n[nH]c2C)C1=O. The summed E-state index contributed by atoms with van der Waals surface area (Å²) in [5, 5.41) is 9.65. The third-order valence-corrected chi connectivity index (χ3v) is 4.34. The largest absolute Gasteiger partial charge is 0.345 e. The van der Waals surface area contributed by atoms with E-state index >= 15 is 0 Å². The number of carbonyl (C=O) groups is 3. The molecule has 24 heavy (non-hydrogen) atoms. The Bertz CT molecular complexity index is 620. The van der Waals surface area contributed by atoms with Crippen LogP contribution in [0, 0.1) is 13.8 Å². The highest BCUT2D eigenvalue weighted by atomic mass is 16.2. The van der Waals surface area contributed by atoms with Crippen molar-refractivity contribution in [1.29, 1.82) is 0 Å². The molecule has 0 bridgehead atoms. The van der Waals surface area contributed by atoms with Crippen LogP contribution in [0.3, 0.4) is 0 Å². The molecule has 2 N–H and O–H groups in total. The molecule has 1 aliphatic heterocycles. The Kier molecular flexibility index (Phi) is 5.58. The van der Waals surface area contributed by atoms with Crippen LogP contribution in [-0.2, 0) is 16.0 Å². The number of carbonyl (C=O) groups excluding carboxylic acids is 3. The molecule has 1 fully saturated rings. The third-order valence-electron chi connectivity index (χ3n) is 4.34. The first kappa shape index (κ1) is 18.0. The van der Waals surface area contributed by atoms with E-state index in [0.717, 1.165) is 17.0 Å². The van der Waals surface area contributed by atoms with Crippen LogP contribution in [0.1, 0.15) is 36.7 Å². The van der Waals surface area contributed by atoms with Crippen LogP contribution in [0.4, 0.5) is 4.79 Å². The summed E-state index contributed by atoms with van der Waals surface area (Å²) in [5.74, 6) is -0.476. The van der Waals surface area contributed by atoms with Gasteiger partial charge in [0.25, 0.3) is 5.91 Å². The third kappa shape index (κ3) is 3.74. The number of hydrogen-bond donors (Lipinski definition) is 2. The second-order valence-corrected chi connectivity index (χ2v) is 6.17. The lowest BCUT2D eigenvalue weighted by atomic mass is 10.1. The fraction of sp³-hybridized carbons (Fsp3) is 0.625.